The zero-order chi connectivity index (χ0) is 13.7. The zero-order valence-electron chi connectivity index (χ0n) is 10.7. The minimum Gasteiger partial charge on any atom is -0.345 e. The number of anilines is 1. The Labute approximate surface area is 106 Å². The molecule has 18 heavy (non-hydrogen) atoms. The average Bonchev–Trinajstić information content (AvgIpc) is 2.31. The first kappa shape index (κ1) is 13.7. The molecular formula is C13H15N3O2. The van der Waals surface area contributed by atoms with Crippen molar-refractivity contribution in [2.75, 3.05) is 19.4 Å². The van der Waals surface area contributed by atoms with Crippen molar-refractivity contribution < 1.29 is 9.59 Å². The molecule has 5 heteroatoms. The van der Waals surface area contributed by atoms with Crippen LogP contribution in [0.2, 0.25) is 0 Å². The highest BCUT2D eigenvalue weighted by atomic mass is 16.2. The van der Waals surface area contributed by atoms with Crippen molar-refractivity contribution in [2.24, 2.45) is 0 Å². The molecule has 0 saturated carbocycles. The van der Waals surface area contributed by atoms with Crippen molar-refractivity contribution in [1.29, 1.82) is 5.26 Å². The van der Waals surface area contributed by atoms with E-state index >= 15 is 0 Å². The molecule has 0 unspecified atom stereocenters. The molecule has 0 atom stereocenters. The third-order valence-electron chi connectivity index (χ3n) is 2.48. The summed E-state index contributed by atoms with van der Waals surface area (Å²) < 4.78 is 0. The lowest BCUT2D eigenvalue weighted by molar-refractivity contribution is -0.115. The number of hydrogen-bond donors (Lipinski definition) is 1. The van der Waals surface area contributed by atoms with Gasteiger partial charge in [-0.3, -0.25) is 9.59 Å². The summed E-state index contributed by atoms with van der Waals surface area (Å²) in [5.74, 6) is -0.501. The van der Waals surface area contributed by atoms with Gasteiger partial charge in [-0.05, 0) is 24.6 Å². The van der Waals surface area contributed by atoms with Crippen LogP contribution in [0.5, 0.6) is 0 Å². The maximum absolute atomic E-state index is 11.9. The summed E-state index contributed by atoms with van der Waals surface area (Å²) >= 11 is 0. The van der Waals surface area contributed by atoms with Gasteiger partial charge in [-0.1, -0.05) is 6.07 Å². The van der Waals surface area contributed by atoms with Crippen molar-refractivity contribution in [3.63, 3.8) is 0 Å². The summed E-state index contributed by atoms with van der Waals surface area (Å²) in [6, 6.07) is 6.89. The molecule has 2 amide bonds. The fraction of sp³-hybridized carbons (Fsp3) is 0.308. The van der Waals surface area contributed by atoms with Gasteiger partial charge in [0.15, 0.2) is 0 Å². The molecular weight excluding hydrogens is 230 g/mol. The highest BCUT2D eigenvalue weighted by Crippen LogP contribution is 2.20. The Morgan fingerprint density at radius 2 is 2.06 bits per heavy atom. The van der Waals surface area contributed by atoms with Gasteiger partial charge in [0.05, 0.1) is 6.07 Å². The van der Waals surface area contributed by atoms with Crippen LogP contribution in [0.1, 0.15) is 22.3 Å². The molecule has 0 heterocycles. The highest BCUT2D eigenvalue weighted by molar-refractivity contribution is 5.99. The second kappa shape index (κ2) is 5.82. The maximum Gasteiger partial charge on any atom is 0.253 e. The molecule has 0 bridgehead atoms. The normalized spacial score (nSPS) is 9.44. The summed E-state index contributed by atoms with van der Waals surface area (Å²) in [6.45, 7) is 1.76. The minimum absolute atomic E-state index is 0.121. The summed E-state index contributed by atoms with van der Waals surface area (Å²) in [5.41, 5.74) is 1.79. The minimum atomic E-state index is -0.380. The van der Waals surface area contributed by atoms with Crippen LogP contribution < -0.4 is 5.32 Å². The van der Waals surface area contributed by atoms with Gasteiger partial charge in [-0.2, -0.15) is 5.26 Å². The predicted octanol–water partition coefficient (Wildman–Crippen LogP) is 1.55. The lowest BCUT2D eigenvalue weighted by Gasteiger charge is -2.15. The van der Waals surface area contributed by atoms with Crippen LogP contribution in [-0.2, 0) is 4.79 Å². The first-order valence-electron chi connectivity index (χ1n) is 5.45. The molecule has 1 aromatic carbocycles. The van der Waals surface area contributed by atoms with Crippen LogP contribution in [0.25, 0.3) is 0 Å². The number of nitriles is 1. The maximum atomic E-state index is 11.9. The average molecular weight is 245 g/mol. The van der Waals surface area contributed by atoms with Gasteiger partial charge in [0.2, 0.25) is 5.91 Å². The highest BCUT2D eigenvalue weighted by Gasteiger charge is 2.14. The summed E-state index contributed by atoms with van der Waals surface area (Å²) in [6.07, 6.45) is -0.203. The molecule has 0 aliphatic rings. The molecule has 94 valence electrons. The van der Waals surface area contributed by atoms with Gasteiger partial charge in [0.25, 0.3) is 5.91 Å². The number of carbonyl (C=O) groups is 2. The number of carbonyl (C=O) groups excluding carboxylic acids is 2. The number of amides is 2. The molecule has 0 radical (unpaired) electrons. The number of nitrogens with one attached hydrogen (secondary N) is 1. The second-order valence-electron chi connectivity index (χ2n) is 4.06. The molecule has 1 N–H and O–H groups in total. The van der Waals surface area contributed by atoms with E-state index in [1.807, 2.05) is 0 Å². The van der Waals surface area contributed by atoms with Crippen molar-refractivity contribution >= 4 is 17.5 Å². The van der Waals surface area contributed by atoms with Crippen LogP contribution >= 0.6 is 0 Å². The SMILES string of the molecule is Cc1c(NC(=O)CC#N)cccc1C(=O)N(C)C. The fourth-order valence-corrected chi connectivity index (χ4v) is 1.51. The van der Waals surface area contributed by atoms with Gasteiger partial charge < -0.3 is 10.2 Å². The molecule has 5 nitrogen and oxygen atoms in total. The number of benzene rings is 1. The van der Waals surface area contributed by atoms with E-state index in [1.54, 1.807) is 45.3 Å². The zero-order valence-corrected chi connectivity index (χ0v) is 10.7. The van der Waals surface area contributed by atoms with Crippen molar-refractivity contribution in [3.8, 4) is 6.07 Å². The van der Waals surface area contributed by atoms with E-state index in [0.717, 1.165) is 0 Å². The number of hydrogen-bond acceptors (Lipinski definition) is 3. The third-order valence-corrected chi connectivity index (χ3v) is 2.48. The van der Waals surface area contributed by atoms with Gasteiger partial charge in [0.1, 0.15) is 6.42 Å². The van der Waals surface area contributed by atoms with E-state index in [1.165, 1.54) is 4.90 Å². The lowest BCUT2D eigenvalue weighted by atomic mass is 10.1. The van der Waals surface area contributed by atoms with E-state index in [-0.39, 0.29) is 18.2 Å². The molecule has 1 rings (SSSR count). The monoisotopic (exact) mass is 245 g/mol. The number of nitrogens with zero attached hydrogens (tertiary/aromatic N) is 2. The summed E-state index contributed by atoms with van der Waals surface area (Å²) in [5, 5.41) is 11.0. The molecule has 0 aliphatic carbocycles. The standard InChI is InChI=1S/C13H15N3O2/c1-9-10(13(18)16(2)3)5-4-6-11(9)15-12(17)7-8-14/h4-6H,7H2,1-3H3,(H,15,17). The van der Waals surface area contributed by atoms with Crippen LogP contribution in [0.3, 0.4) is 0 Å². The van der Waals surface area contributed by atoms with Crippen LogP contribution in [0.15, 0.2) is 18.2 Å². The summed E-state index contributed by atoms with van der Waals surface area (Å²) in [4.78, 5) is 24.7. The molecule has 1 aromatic rings. The van der Waals surface area contributed by atoms with E-state index in [9.17, 15) is 9.59 Å². The predicted molar refractivity (Wildman–Crippen MR) is 68.1 cm³/mol. The third kappa shape index (κ3) is 3.08. The van der Waals surface area contributed by atoms with Gasteiger partial charge in [0, 0.05) is 25.3 Å². The molecule has 0 fully saturated rings. The molecule has 0 spiro atoms. The Balaban J connectivity index is 3.03. The largest absolute Gasteiger partial charge is 0.345 e. The molecule has 0 aromatic heterocycles. The second-order valence-corrected chi connectivity index (χ2v) is 4.06. The first-order valence-corrected chi connectivity index (χ1v) is 5.45. The molecule has 0 saturated heterocycles. The van der Waals surface area contributed by atoms with Gasteiger partial charge in [-0.25, -0.2) is 0 Å². The first-order chi connectivity index (χ1) is 8.47. The Kier molecular flexibility index (Phi) is 4.44. The van der Waals surface area contributed by atoms with Crippen molar-refractivity contribution in [1.82, 2.24) is 4.90 Å². The number of rotatable bonds is 3. The Morgan fingerprint density at radius 1 is 1.39 bits per heavy atom. The lowest BCUT2D eigenvalue weighted by Crippen LogP contribution is -2.23. The quantitative estimate of drug-likeness (QED) is 0.878. The van der Waals surface area contributed by atoms with E-state index < -0.39 is 0 Å². The topological polar surface area (TPSA) is 73.2 Å². The van der Waals surface area contributed by atoms with Crippen LogP contribution in [0.4, 0.5) is 5.69 Å². The van der Waals surface area contributed by atoms with Crippen LogP contribution in [-0.4, -0.2) is 30.8 Å². The Hall–Kier alpha value is -2.35. The van der Waals surface area contributed by atoms with Crippen molar-refractivity contribution in [2.45, 2.75) is 13.3 Å². The Bertz CT molecular complexity index is 515. The van der Waals surface area contributed by atoms with E-state index in [0.29, 0.717) is 16.8 Å². The van der Waals surface area contributed by atoms with Crippen molar-refractivity contribution in [3.05, 3.63) is 29.3 Å². The van der Waals surface area contributed by atoms with Gasteiger partial charge >= 0.3 is 0 Å². The van der Waals surface area contributed by atoms with Gasteiger partial charge in [-0.15, -0.1) is 0 Å². The van der Waals surface area contributed by atoms with Crippen LogP contribution in [0, 0.1) is 18.3 Å². The van der Waals surface area contributed by atoms with E-state index in [2.05, 4.69) is 5.32 Å². The van der Waals surface area contributed by atoms with E-state index in [4.69, 9.17) is 5.26 Å². The fourth-order valence-electron chi connectivity index (χ4n) is 1.51. The Morgan fingerprint density at radius 3 is 2.61 bits per heavy atom. The smallest absolute Gasteiger partial charge is 0.253 e. The molecule has 0 aliphatic heterocycles. The summed E-state index contributed by atoms with van der Waals surface area (Å²) in [7, 11) is 3.34.